The number of phenolic OH excluding ortho intramolecular Hbond substituents is 1. The van der Waals surface area contributed by atoms with Crippen molar-refractivity contribution < 1.29 is 14.7 Å². The van der Waals surface area contributed by atoms with Crippen LogP contribution in [0.2, 0.25) is 9.36 Å². The lowest BCUT2D eigenvalue weighted by atomic mass is 10.00. The van der Waals surface area contributed by atoms with Crippen LogP contribution in [-0.4, -0.2) is 27.3 Å². The van der Waals surface area contributed by atoms with E-state index in [-0.39, 0.29) is 32.8 Å². The fourth-order valence-electron chi connectivity index (χ4n) is 4.37. The van der Waals surface area contributed by atoms with Gasteiger partial charge in [-0.25, -0.2) is 0 Å². The zero-order valence-electron chi connectivity index (χ0n) is 18.8. The van der Waals surface area contributed by atoms with E-state index in [1.165, 1.54) is 17.0 Å². The highest BCUT2D eigenvalue weighted by molar-refractivity contribution is 7.11. The first-order valence-corrected chi connectivity index (χ1v) is 12.6. The van der Waals surface area contributed by atoms with E-state index in [9.17, 15) is 14.7 Å². The average molecular weight is 518 g/mol. The molecule has 9 heteroatoms. The molecule has 0 bridgehead atoms. The number of hydrogen-bond donors (Lipinski definition) is 2. The number of anilines is 1. The highest BCUT2D eigenvalue weighted by atomic mass is 35.5. The van der Waals surface area contributed by atoms with E-state index in [0.29, 0.717) is 11.3 Å². The summed E-state index contributed by atoms with van der Waals surface area (Å²) < 4.78 is 4.39. The van der Waals surface area contributed by atoms with Gasteiger partial charge in [-0.15, -0.1) is 0 Å². The molecule has 0 aliphatic heterocycles. The predicted molar refractivity (Wildman–Crippen MR) is 136 cm³/mol. The van der Waals surface area contributed by atoms with E-state index in [0.717, 1.165) is 48.3 Å². The highest BCUT2D eigenvalue weighted by Crippen LogP contribution is 2.37. The van der Waals surface area contributed by atoms with Crippen molar-refractivity contribution in [1.29, 1.82) is 0 Å². The molecule has 1 aromatic heterocycles. The summed E-state index contributed by atoms with van der Waals surface area (Å²) in [6.07, 6.45) is 3.92. The molecule has 1 aliphatic rings. The van der Waals surface area contributed by atoms with E-state index in [1.54, 1.807) is 12.1 Å². The van der Waals surface area contributed by atoms with Crippen molar-refractivity contribution in [2.45, 2.75) is 51.6 Å². The van der Waals surface area contributed by atoms with Crippen LogP contribution in [0.15, 0.2) is 42.5 Å². The third kappa shape index (κ3) is 5.06. The number of phenols is 1. The molecule has 1 fully saturated rings. The molecule has 1 saturated carbocycles. The zero-order chi connectivity index (χ0) is 24.4. The van der Waals surface area contributed by atoms with Gasteiger partial charge in [0, 0.05) is 11.7 Å². The number of aryl methyl sites for hydroxylation is 2. The van der Waals surface area contributed by atoms with Crippen molar-refractivity contribution in [3.05, 3.63) is 74.2 Å². The Morgan fingerprint density at radius 2 is 1.79 bits per heavy atom. The van der Waals surface area contributed by atoms with Crippen LogP contribution in [0.25, 0.3) is 0 Å². The van der Waals surface area contributed by atoms with Gasteiger partial charge in [0.1, 0.15) is 21.2 Å². The van der Waals surface area contributed by atoms with Crippen molar-refractivity contribution in [1.82, 2.24) is 9.69 Å². The maximum absolute atomic E-state index is 13.9. The van der Waals surface area contributed by atoms with E-state index in [4.69, 9.17) is 23.2 Å². The van der Waals surface area contributed by atoms with Crippen LogP contribution in [0.3, 0.4) is 0 Å². The van der Waals surface area contributed by atoms with Crippen LogP contribution in [0.1, 0.15) is 58.9 Å². The lowest BCUT2D eigenvalue weighted by molar-refractivity contribution is -0.123. The molecular formula is C25H25Cl2N3O3S. The lowest BCUT2D eigenvalue weighted by Gasteiger charge is -2.33. The van der Waals surface area contributed by atoms with Crippen LogP contribution in [0.4, 0.5) is 5.69 Å². The zero-order valence-corrected chi connectivity index (χ0v) is 21.2. The Hall–Kier alpha value is -2.61. The molecule has 178 valence electrons. The van der Waals surface area contributed by atoms with E-state index >= 15 is 0 Å². The smallest absolute Gasteiger partial charge is 0.280 e. The molecule has 1 heterocycles. The highest BCUT2D eigenvalue weighted by Gasteiger charge is 2.37. The summed E-state index contributed by atoms with van der Waals surface area (Å²) >= 11 is 13.4. The van der Waals surface area contributed by atoms with Gasteiger partial charge >= 0.3 is 0 Å². The van der Waals surface area contributed by atoms with Crippen LogP contribution < -0.4 is 10.2 Å². The van der Waals surface area contributed by atoms with Crippen LogP contribution >= 0.6 is 34.7 Å². The summed E-state index contributed by atoms with van der Waals surface area (Å²) in [5, 5.41) is 13.0. The molecule has 1 atom stereocenters. The molecule has 2 N–H and O–H groups in total. The van der Waals surface area contributed by atoms with Crippen molar-refractivity contribution in [2.75, 3.05) is 4.90 Å². The number of nitrogens with zero attached hydrogens (tertiary/aromatic N) is 2. The van der Waals surface area contributed by atoms with Gasteiger partial charge < -0.3 is 10.4 Å². The van der Waals surface area contributed by atoms with Gasteiger partial charge in [0.05, 0.1) is 0 Å². The predicted octanol–water partition coefficient (Wildman–Crippen LogP) is 6.22. The van der Waals surface area contributed by atoms with E-state index in [2.05, 4.69) is 9.69 Å². The van der Waals surface area contributed by atoms with Gasteiger partial charge in [0.25, 0.3) is 5.91 Å². The Kier molecular flexibility index (Phi) is 7.45. The molecule has 1 unspecified atom stereocenters. The topological polar surface area (TPSA) is 82.5 Å². The van der Waals surface area contributed by atoms with Crippen molar-refractivity contribution in [3.63, 3.8) is 0 Å². The standard InChI is InChI=1S/C25H25Cl2N3O3S/c1-14-7-12-19(15(2)13-14)30(25(33)21-20(26)23(27)34-29-21)22(16-8-10-18(31)11-9-16)24(32)28-17-5-3-4-6-17/h7-13,17,22,31H,3-6H2,1-2H3,(H,28,32). The number of carbonyl (C=O) groups excluding carboxylic acids is 2. The first-order chi connectivity index (χ1) is 16.3. The van der Waals surface area contributed by atoms with Crippen LogP contribution in [-0.2, 0) is 4.79 Å². The summed E-state index contributed by atoms with van der Waals surface area (Å²) in [4.78, 5) is 29.1. The molecule has 0 saturated heterocycles. The quantitative estimate of drug-likeness (QED) is 0.406. The average Bonchev–Trinajstić information content (AvgIpc) is 3.43. The molecule has 3 aromatic rings. The monoisotopic (exact) mass is 517 g/mol. The Balaban J connectivity index is 1.87. The van der Waals surface area contributed by atoms with Gasteiger partial charge in [-0.1, -0.05) is 65.9 Å². The normalized spacial score (nSPS) is 14.7. The van der Waals surface area contributed by atoms with Gasteiger partial charge in [0.15, 0.2) is 5.69 Å². The fraction of sp³-hybridized carbons (Fsp3) is 0.320. The van der Waals surface area contributed by atoms with Gasteiger partial charge in [-0.3, -0.25) is 14.5 Å². The largest absolute Gasteiger partial charge is 0.508 e. The summed E-state index contributed by atoms with van der Waals surface area (Å²) in [7, 11) is 0. The maximum atomic E-state index is 13.9. The molecule has 2 amide bonds. The van der Waals surface area contributed by atoms with E-state index < -0.39 is 11.9 Å². The number of benzene rings is 2. The van der Waals surface area contributed by atoms with Crippen molar-refractivity contribution in [3.8, 4) is 5.75 Å². The molecule has 2 aromatic carbocycles. The number of halogens is 2. The first-order valence-electron chi connectivity index (χ1n) is 11.1. The fourth-order valence-corrected chi connectivity index (χ4v) is 5.36. The number of amides is 2. The Labute approximate surface area is 212 Å². The molecule has 6 nitrogen and oxygen atoms in total. The van der Waals surface area contributed by atoms with Gasteiger partial charge in [0.2, 0.25) is 5.91 Å². The van der Waals surface area contributed by atoms with E-state index in [1.807, 2.05) is 32.0 Å². The van der Waals surface area contributed by atoms with Crippen molar-refractivity contribution >= 4 is 52.2 Å². The third-order valence-corrected chi connectivity index (χ3v) is 7.66. The first kappa shape index (κ1) is 24.5. The second kappa shape index (κ2) is 10.3. The maximum Gasteiger partial charge on any atom is 0.280 e. The Bertz CT molecular complexity index is 1210. The third-order valence-electron chi connectivity index (χ3n) is 6.05. The van der Waals surface area contributed by atoms with Gasteiger partial charge in [-0.05, 0) is 67.5 Å². The second-order valence-electron chi connectivity index (χ2n) is 8.57. The van der Waals surface area contributed by atoms with Crippen LogP contribution in [0, 0.1) is 13.8 Å². The number of nitrogens with one attached hydrogen (secondary N) is 1. The van der Waals surface area contributed by atoms with Gasteiger partial charge in [-0.2, -0.15) is 4.37 Å². The minimum atomic E-state index is -1.01. The van der Waals surface area contributed by atoms with Crippen molar-refractivity contribution in [2.24, 2.45) is 0 Å². The summed E-state index contributed by atoms with van der Waals surface area (Å²) in [5.41, 5.74) is 2.96. The van der Waals surface area contributed by atoms with Crippen LogP contribution in [0.5, 0.6) is 5.75 Å². The second-order valence-corrected chi connectivity index (χ2v) is 10.3. The molecule has 0 spiro atoms. The molecular weight excluding hydrogens is 493 g/mol. The number of aromatic hydroxyl groups is 1. The molecule has 34 heavy (non-hydrogen) atoms. The summed E-state index contributed by atoms with van der Waals surface area (Å²) in [6, 6.07) is 11.0. The number of rotatable bonds is 6. The minimum absolute atomic E-state index is 0.00548. The minimum Gasteiger partial charge on any atom is -0.508 e. The Morgan fingerprint density at radius 1 is 1.12 bits per heavy atom. The molecule has 1 aliphatic carbocycles. The number of carbonyl (C=O) groups is 2. The lowest BCUT2D eigenvalue weighted by Crippen LogP contribution is -2.46. The summed E-state index contributed by atoms with van der Waals surface area (Å²) in [5.74, 6) is -0.763. The molecule has 4 rings (SSSR count). The Morgan fingerprint density at radius 3 is 2.38 bits per heavy atom. The number of hydrogen-bond acceptors (Lipinski definition) is 5. The SMILES string of the molecule is Cc1ccc(N(C(=O)c2nsc(Cl)c2Cl)C(C(=O)NC2CCCC2)c2ccc(O)cc2)c(C)c1. The number of aromatic nitrogens is 1. The molecule has 0 radical (unpaired) electrons. The summed E-state index contributed by atoms with van der Waals surface area (Å²) in [6.45, 7) is 3.85.